The van der Waals surface area contributed by atoms with Crippen molar-refractivity contribution in [2.75, 3.05) is 5.32 Å². The second-order valence-electron chi connectivity index (χ2n) is 3.82. The summed E-state index contributed by atoms with van der Waals surface area (Å²) in [5.74, 6) is -3.57. The summed E-state index contributed by atoms with van der Waals surface area (Å²) < 4.78 is 13.5. The number of aromatic carboxylic acids is 1. The second kappa shape index (κ2) is 5.35. The van der Waals surface area contributed by atoms with Gasteiger partial charge in [0.05, 0.1) is 5.56 Å². The van der Waals surface area contributed by atoms with Crippen molar-refractivity contribution in [2.45, 2.75) is 0 Å². The summed E-state index contributed by atoms with van der Waals surface area (Å²) in [6, 6.07) is 5.82. The first-order valence-corrected chi connectivity index (χ1v) is 5.47. The third-order valence-corrected chi connectivity index (χ3v) is 2.47. The van der Waals surface area contributed by atoms with Crippen molar-refractivity contribution in [1.82, 2.24) is 4.98 Å². The van der Waals surface area contributed by atoms with E-state index in [1.54, 1.807) is 0 Å². The molecule has 0 saturated heterocycles. The number of anilines is 1. The van der Waals surface area contributed by atoms with Crippen molar-refractivity contribution >= 4 is 17.7 Å². The lowest BCUT2D eigenvalue weighted by Crippen LogP contribution is -2.15. The predicted molar refractivity (Wildman–Crippen MR) is 67.2 cm³/mol. The molecule has 0 saturated carbocycles. The first kappa shape index (κ1) is 13.5. The van der Waals surface area contributed by atoms with Gasteiger partial charge in [-0.3, -0.25) is 4.79 Å². The number of carboxylic acids is 1. The number of rotatable bonds is 3. The van der Waals surface area contributed by atoms with Gasteiger partial charge in [-0.25, -0.2) is 14.2 Å². The van der Waals surface area contributed by atoms with Gasteiger partial charge in [0.15, 0.2) is 0 Å². The Kier molecular flexibility index (Phi) is 3.60. The van der Waals surface area contributed by atoms with Crippen LogP contribution in [0.4, 0.5) is 10.2 Å². The van der Waals surface area contributed by atoms with E-state index >= 15 is 0 Å². The number of amides is 1. The van der Waals surface area contributed by atoms with Gasteiger partial charge in [0.1, 0.15) is 22.9 Å². The van der Waals surface area contributed by atoms with Crippen LogP contribution in [0.25, 0.3) is 0 Å². The number of benzene rings is 1. The molecule has 3 N–H and O–H groups in total. The lowest BCUT2D eigenvalue weighted by atomic mass is 10.1. The normalized spacial score (nSPS) is 10.1. The van der Waals surface area contributed by atoms with Crippen LogP contribution < -0.4 is 5.32 Å². The van der Waals surface area contributed by atoms with Crippen molar-refractivity contribution in [3.63, 3.8) is 0 Å². The number of nitrogens with zero attached hydrogens (tertiary/aromatic N) is 1. The van der Waals surface area contributed by atoms with E-state index in [2.05, 4.69) is 10.3 Å². The maximum Gasteiger partial charge on any atom is 0.335 e. The number of nitrogens with one attached hydrogen (secondary N) is 1. The highest BCUT2D eigenvalue weighted by Gasteiger charge is 2.17. The zero-order chi connectivity index (χ0) is 14.7. The van der Waals surface area contributed by atoms with Gasteiger partial charge in [0, 0.05) is 6.20 Å². The van der Waals surface area contributed by atoms with Crippen molar-refractivity contribution in [1.29, 1.82) is 0 Å². The van der Waals surface area contributed by atoms with Crippen LogP contribution in [0.1, 0.15) is 20.7 Å². The molecule has 1 heterocycles. The van der Waals surface area contributed by atoms with E-state index in [0.29, 0.717) is 0 Å². The number of hydrogen-bond acceptors (Lipinski definition) is 4. The Balaban J connectivity index is 2.28. The summed E-state index contributed by atoms with van der Waals surface area (Å²) in [6.07, 6.45) is 1.19. The van der Waals surface area contributed by atoms with Crippen LogP contribution in [0.15, 0.2) is 36.5 Å². The zero-order valence-corrected chi connectivity index (χ0v) is 10.0. The Morgan fingerprint density at radius 1 is 1.25 bits per heavy atom. The molecule has 1 aromatic carbocycles. The standard InChI is InChI=1S/C13H9FN2O4/c14-8-2-1-3-9(17)11(8)12(18)16-10-6-7(13(19)20)4-5-15-10/h1-6,17H,(H,19,20)(H,15,16,18). The van der Waals surface area contributed by atoms with Crippen LogP contribution in [-0.2, 0) is 0 Å². The third kappa shape index (κ3) is 2.72. The number of carbonyl (C=O) groups is 2. The first-order valence-electron chi connectivity index (χ1n) is 5.47. The van der Waals surface area contributed by atoms with Crippen molar-refractivity contribution in [3.8, 4) is 5.75 Å². The van der Waals surface area contributed by atoms with Gasteiger partial charge in [0.2, 0.25) is 0 Å². The number of phenols is 1. The number of aromatic nitrogens is 1. The van der Waals surface area contributed by atoms with Crippen molar-refractivity contribution in [3.05, 3.63) is 53.5 Å². The number of halogens is 1. The average Bonchev–Trinajstić information content (AvgIpc) is 2.38. The number of pyridine rings is 1. The maximum absolute atomic E-state index is 13.5. The molecule has 0 bridgehead atoms. The largest absolute Gasteiger partial charge is 0.507 e. The molecule has 7 heteroatoms. The third-order valence-electron chi connectivity index (χ3n) is 2.47. The molecule has 0 atom stereocenters. The molecular formula is C13H9FN2O4. The fourth-order valence-electron chi connectivity index (χ4n) is 1.55. The zero-order valence-electron chi connectivity index (χ0n) is 10.0. The quantitative estimate of drug-likeness (QED) is 0.794. The summed E-state index contributed by atoms with van der Waals surface area (Å²) in [4.78, 5) is 26.4. The Bertz CT molecular complexity index is 668. The minimum absolute atomic E-state index is 0.0578. The van der Waals surface area contributed by atoms with E-state index in [1.165, 1.54) is 24.4 Å². The van der Waals surface area contributed by atoms with Gasteiger partial charge in [-0.2, -0.15) is 0 Å². The molecule has 0 aliphatic heterocycles. The molecule has 1 aromatic heterocycles. The van der Waals surface area contributed by atoms with Crippen molar-refractivity contribution in [2.24, 2.45) is 0 Å². The topological polar surface area (TPSA) is 99.5 Å². The molecule has 102 valence electrons. The molecule has 0 aliphatic rings. The lowest BCUT2D eigenvalue weighted by Gasteiger charge is -2.07. The molecule has 6 nitrogen and oxygen atoms in total. The minimum Gasteiger partial charge on any atom is -0.507 e. The molecule has 0 spiro atoms. The molecule has 2 rings (SSSR count). The molecule has 20 heavy (non-hydrogen) atoms. The first-order chi connectivity index (χ1) is 9.49. The van der Waals surface area contributed by atoms with Gasteiger partial charge < -0.3 is 15.5 Å². The summed E-state index contributed by atoms with van der Waals surface area (Å²) in [7, 11) is 0. The van der Waals surface area contributed by atoms with E-state index in [1.807, 2.05) is 0 Å². The maximum atomic E-state index is 13.5. The van der Waals surface area contributed by atoms with E-state index < -0.39 is 29.0 Å². The second-order valence-corrected chi connectivity index (χ2v) is 3.82. The Labute approximate surface area is 112 Å². The van der Waals surface area contributed by atoms with Gasteiger partial charge >= 0.3 is 5.97 Å². The van der Waals surface area contributed by atoms with E-state index in [-0.39, 0.29) is 11.4 Å². The fraction of sp³-hybridized carbons (Fsp3) is 0. The predicted octanol–water partition coefficient (Wildman–Crippen LogP) is 1.88. The molecular weight excluding hydrogens is 267 g/mol. The number of aromatic hydroxyl groups is 1. The molecule has 1 amide bonds. The Hall–Kier alpha value is -2.96. The van der Waals surface area contributed by atoms with E-state index in [4.69, 9.17) is 5.11 Å². The van der Waals surface area contributed by atoms with Gasteiger partial charge in [-0.05, 0) is 24.3 Å². The van der Waals surface area contributed by atoms with Crippen LogP contribution in [0.3, 0.4) is 0 Å². The monoisotopic (exact) mass is 276 g/mol. The van der Waals surface area contributed by atoms with Crippen LogP contribution in [-0.4, -0.2) is 27.1 Å². The number of phenolic OH excluding ortho intramolecular Hbond substituents is 1. The molecule has 0 radical (unpaired) electrons. The average molecular weight is 276 g/mol. The van der Waals surface area contributed by atoms with E-state index in [9.17, 15) is 19.1 Å². The van der Waals surface area contributed by atoms with E-state index in [0.717, 1.165) is 12.1 Å². The fourth-order valence-corrected chi connectivity index (χ4v) is 1.55. The van der Waals surface area contributed by atoms with Crippen molar-refractivity contribution < 1.29 is 24.2 Å². The number of hydrogen-bond donors (Lipinski definition) is 3. The summed E-state index contributed by atoms with van der Waals surface area (Å²) in [6.45, 7) is 0. The van der Waals surface area contributed by atoms with Crippen LogP contribution in [0.5, 0.6) is 5.75 Å². The molecule has 0 unspecified atom stereocenters. The highest BCUT2D eigenvalue weighted by molar-refractivity contribution is 6.06. The van der Waals surface area contributed by atoms with Gasteiger partial charge in [0.25, 0.3) is 5.91 Å². The molecule has 2 aromatic rings. The van der Waals surface area contributed by atoms with Crippen LogP contribution in [0, 0.1) is 5.82 Å². The summed E-state index contributed by atoms with van der Waals surface area (Å²) in [5, 5.41) is 20.5. The SMILES string of the molecule is O=C(O)c1ccnc(NC(=O)c2c(O)cccc2F)c1. The van der Waals surface area contributed by atoms with Gasteiger partial charge in [-0.15, -0.1) is 0 Å². The molecule has 0 aliphatic carbocycles. The highest BCUT2D eigenvalue weighted by Crippen LogP contribution is 2.21. The van der Waals surface area contributed by atoms with Gasteiger partial charge in [-0.1, -0.05) is 6.07 Å². The van der Waals surface area contributed by atoms with Crippen LogP contribution in [0.2, 0.25) is 0 Å². The number of carbonyl (C=O) groups excluding carboxylic acids is 1. The smallest absolute Gasteiger partial charge is 0.335 e. The number of carboxylic acid groups (broad SMARTS) is 1. The lowest BCUT2D eigenvalue weighted by molar-refractivity contribution is 0.0696. The summed E-state index contributed by atoms with van der Waals surface area (Å²) in [5.41, 5.74) is -0.608. The molecule has 0 fully saturated rings. The Morgan fingerprint density at radius 3 is 2.65 bits per heavy atom. The Morgan fingerprint density at radius 2 is 2.00 bits per heavy atom. The highest BCUT2D eigenvalue weighted by atomic mass is 19.1. The summed E-state index contributed by atoms with van der Waals surface area (Å²) >= 11 is 0. The van der Waals surface area contributed by atoms with Crippen LogP contribution >= 0.6 is 0 Å². The minimum atomic E-state index is -1.18.